The highest BCUT2D eigenvalue weighted by Gasteiger charge is 2.42. The van der Waals surface area contributed by atoms with Gasteiger partial charge in [0.25, 0.3) is 17.7 Å². The number of benzene rings is 2. The lowest BCUT2D eigenvalue weighted by Crippen LogP contribution is -2.45. The molecule has 1 aliphatic rings. The van der Waals surface area contributed by atoms with E-state index in [-0.39, 0.29) is 28.9 Å². The maximum Gasteiger partial charge on any atom is 0.471 e. The zero-order chi connectivity index (χ0) is 23.8. The molecule has 10 heteroatoms. The molecule has 0 saturated heterocycles. The van der Waals surface area contributed by atoms with Crippen molar-refractivity contribution in [3.63, 3.8) is 0 Å². The third-order valence-corrected chi connectivity index (χ3v) is 4.74. The van der Waals surface area contributed by atoms with Crippen LogP contribution >= 0.6 is 0 Å². The fraction of sp³-hybridized carbons (Fsp3) is 0.273. The minimum atomic E-state index is -4.99. The Kier molecular flexibility index (Phi) is 5.82. The van der Waals surface area contributed by atoms with Crippen molar-refractivity contribution in [1.29, 1.82) is 0 Å². The van der Waals surface area contributed by atoms with Gasteiger partial charge in [-0.3, -0.25) is 24.1 Å². The zero-order valence-corrected chi connectivity index (χ0v) is 17.5. The minimum absolute atomic E-state index is 0.0346. The molecule has 0 aromatic heterocycles. The number of carbonyl (C=O) groups is 4. The van der Waals surface area contributed by atoms with Crippen molar-refractivity contribution in [1.82, 2.24) is 10.2 Å². The molecule has 0 fully saturated rings. The number of hydrogen-bond donors (Lipinski definition) is 2. The molecule has 32 heavy (non-hydrogen) atoms. The van der Waals surface area contributed by atoms with Gasteiger partial charge in [-0.1, -0.05) is 12.1 Å². The van der Waals surface area contributed by atoms with Gasteiger partial charge < -0.3 is 10.6 Å². The number of nitrogens with one attached hydrogen (secondary N) is 2. The summed E-state index contributed by atoms with van der Waals surface area (Å²) in [5, 5.41) is 4.37. The summed E-state index contributed by atoms with van der Waals surface area (Å²) in [5.74, 6) is -3.45. The number of imide groups is 1. The van der Waals surface area contributed by atoms with Crippen LogP contribution in [0, 0.1) is 0 Å². The minimum Gasteiger partial charge on any atom is -0.348 e. The van der Waals surface area contributed by atoms with Crippen molar-refractivity contribution in [3.05, 3.63) is 64.7 Å². The third kappa shape index (κ3) is 4.63. The van der Waals surface area contributed by atoms with Crippen LogP contribution in [0.1, 0.15) is 57.4 Å². The molecule has 7 nitrogen and oxygen atoms in total. The lowest BCUT2D eigenvalue weighted by atomic mass is 10.1. The van der Waals surface area contributed by atoms with E-state index in [1.54, 1.807) is 26.1 Å². The van der Waals surface area contributed by atoms with E-state index in [1.807, 2.05) is 0 Å². The predicted octanol–water partition coefficient (Wildman–Crippen LogP) is 3.51. The molecule has 168 valence electrons. The maximum atomic E-state index is 12.7. The molecule has 2 aromatic rings. The molecule has 0 saturated carbocycles. The Hall–Kier alpha value is -3.69. The summed E-state index contributed by atoms with van der Waals surface area (Å²) in [7, 11) is 0. The first kappa shape index (κ1) is 23.0. The van der Waals surface area contributed by atoms with Crippen molar-refractivity contribution in [3.8, 4) is 0 Å². The van der Waals surface area contributed by atoms with E-state index in [2.05, 4.69) is 5.32 Å². The van der Waals surface area contributed by atoms with Gasteiger partial charge in [-0.25, -0.2) is 0 Å². The van der Waals surface area contributed by atoms with E-state index in [4.69, 9.17) is 0 Å². The Morgan fingerprint density at radius 2 is 1.50 bits per heavy atom. The lowest BCUT2D eigenvalue weighted by molar-refractivity contribution is -0.167. The van der Waals surface area contributed by atoms with Crippen LogP contribution in [0.2, 0.25) is 0 Å². The molecule has 1 aliphatic heterocycles. The fourth-order valence-electron chi connectivity index (χ4n) is 3.18. The van der Waals surface area contributed by atoms with Crippen LogP contribution < -0.4 is 10.6 Å². The number of halogens is 3. The Bertz CT molecular complexity index is 1100. The van der Waals surface area contributed by atoms with Gasteiger partial charge in [-0.15, -0.1) is 0 Å². The Morgan fingerprint density at radius 3 is 2.06 bits per heavy atom. The summed E-state index contributed by atoms with van der Waals surface area (Å²) in [6, 6.07) is 9.73. The van der Waals surface area contributed by atoms with E-state index in [0.29, 0.717) is 5.56 Å². The van der Waals surface area contributed by atoms with Gasteiger partial charge in [-0.05, 0) is 56.7 Å². The molecule has 1 heterocycles. The van der Waals surface area contributed by atoms with E-state index in [1.165, 1.54) is 42.5 Å². The highest BCUT2D eigenvalue weighted by Crippen LogP contribution is 2.29. The second kappa shape index (κ2) is 8.10. The lowest BCUT2D eigenvalue weighted by Gasteiger charge is -2.29. The third-order valence-electron chi connectivity index (χ3n) is 4.74. The summed E-state index contributed by atoms with van der Waals surface area (Å²) >= 11 is 0. The van der Waals surface area contributed by atoms with Crippen molar-refractivity contribution in [2.45, 2.75) is 39.0 Å². The average Bonchev–Trinajstić information content (AvgIpc) is 2.96. The number of fused-ring (bicyclic) bond motifs is 1. The molecule has 0 aliphatic carbocycles. The van der Waals surface area contributed by atoms with Crippen molar-refractivity contribution in [2.75, 3.05) is 5.32 Å². The van der Waals surface area contributed by atoms with Crippen molar-refractivity contribution < 1.29 is 32.3 Å². The molecule has 0 spiro atoms. The summed E-state index contributed by atoms with van der Waals surface area (Å²) in [6.45, 7) is 5.27. The second-order valence-electron chi connectivity index (χ2n) is 8.21. The smallest absolute Gasteiger partial charge is 0.348 e. The van der Waals surface area contributed by atoms with Crippen LogP contribution in [0.5, 0.6) is 0 Å². The van der Waals surface area contributed by atoms with Crippen molar-refractivity contribution in [2.24, 2.45) is 0 Å². The Balaban J connectivity index is 1.66. The molecular weight excluding hydrogens is 427 g/mol. The average molecular weight is 447 g/mol. The topological polar surface area (TPSA) is 95.6 Å². The van der Waals surface area contributed by atoms with E-state index >= 15 is 0 Å². The molecule has 0 radical (unpaired) electrons. The summed E-state index contributed by atoms with van der Waals surface area (Å²) in [4.78, 5) is 49.8. The van der Waals surface area contributed by atoms with E-state index in [0.717, 1.165) is 4.90 Å². The highest BCUT2D eigenvalue weighted by molar-refractivity contribution is 6.22. The first-order valence-electron chi connectivity index (χ1n) is 9.57. The van der Waals surface area contributed by atoms with Gasteiger partial charge in [0.1, 0.15) is 0 Å². The predicted molar refractivity (Wildman–Crippen MR) is 109 cm³/mol. The number of amides is 4. The quantitative estimate of drug-likeness (QED) is 0.702. The van der Waals surface area contributed by atoms with Gasteiger partial charge in [0.2, 0.25) is 0 Å². The van der Waals surface area contributed by atoms with Gasteiger partial charge in [0.05, 0.1) is 11.1 Å². The van der Waals surface area contributed by atoms with E-state index in [9.17, 15) is 32.3 Å². The number of nitrogens with zero attached hydrogens (tertiary/aromatic N) is 1. The van der Waals surface area contributed by atoms with E-state index < -0.39 is 35.3 Å². The van der Waals surface area contributed by atoms with Gasteiger partial charge in [-0.2, -0.15) is 13.2 Å². The van der Waals surface area contributed by atoms with Crippen LogP contribution in [-0.2, 0) is 11.3 Å². The van der Waals surface area contributed by atoms with Gasteiger partial charge in [0.15, 0.2) is 0 Å². The standard InChI is InChI=1S/C22H20F3N3O4/c1-21(2,3)28-18(30)15-9-6-13(10-16(15)19(28)31)17(29)26-11-12-4-7-14(8-5-12)27-20(32)22(23,24)25/h4-10H,11H2,1-3H3,(H,26,29)(H,27,32). The molecule has 2 aromatic carbocycles. The molecule has 2 N–H and O–H groups in total. The van der Waals surface area contributed by atoms with Gasteiger partial charge in [0, 0.05) is 23.3 Å². The molecule has 0 bridgehead atoms. The normalized spacial score (nSPS) is 13.8. The fourth-order valence-corrected chi connectivity index (χ4v) is 3.18. The SMILES string of the molecule is CC(C)(C)N1C(=O)c2ccc(C(=O)NCc3ccc(NC(=O)C(F)(F)F)cc3)cc2C1=O. The number of alkyl halides is 3. The number of rotatable bonds is 4. The largest absolute Gasteiger partial charge is 0.471 e. The van der Waals surface area contributed by atoms with Crippen molar-refractivity contribution >= 4 is 29.3 Å². The summed E-state index contributed by atoms with van der Waals surface area (Å²) < 4.78 is 36.9. The molecule has 3 rings (SSSR count). The van der Waals surface area contributed by atoms with Crippen LogP contribution in [0.25, 0.3) is 0 Å². The van der Waals surface area contributed by atoms with Gasteiger partial charge >= 0.3 is 12.1 Å². The number of hydrogen-bond acceptors (Lipinski definition) is 4. The highest BCUT2D eigenvalue weighted by atomic mass is 19.4. The number of anilines is 1. The zero-order valence-electron chi connectivity index (χ0n) is 17.5. The molecule has 0 unspecified atom stereocenters. The first-order chi connectivity index (χ1) is 14.8. The second-order valence-corrected chi connectivity index (χ2v) is 8.21. The first-order valence-corrected chi connectivity index (χ1v) is 9.57. The molecule has 4 amide bonds. The van der Waals surface area contributed by atoms with Crippen LogP contribution in [0.3, 0.4) is 0 Å². The molecular formula is C22H20F3N3O4. The maximum absolute atomic E-state index is 12.7. The number of carbonyl (C=O) groups excluding carboxylic acids is 4. The monoisotopic (exact) mass is 447 g/mol. The summed E-state index contributed by atoms with van der Waals surface area (Å²) in [6.07, 6.45) is -4.99. The van der Waals surface area contributed by atoms with Crippen LogP contribution in [0.15, 0.2) is 42.5 Å². The Morgan fingerprint density at radius 1 is 0.906 bits per heavy atom. The van der Waals surface area contributed by atoms with Crippen LogP contribution in [0.4, 0.5) is 18.9 Å². The molecule has 0 atom stereocenters. The van der Waals surface area contributed by atoms with Crippen LogP contribution in [-0.4, -0.2) is 40.2 Å². The Labute approximate surface area is 181 Å². The summed E-state index contributed by atoms with van der Waals surface area (Å²) in [5.41, 5.74) is 0.416.